The van der Waals surface area contributed by atoms with E-state index in [4.69, 9.17) is 5.10 Å². The number of halogens is 1. The highest BCUT2D eigenvalue weighted by Gasteiger charge is 2.55. The molecule has 0 fully saturated rings. The molecule has 180 valence electrons. The van der Waals surface area contributed by atoms with Crippen LogP contribution in [0.4, 0.5) is 0 Å². The third-order valence-electron chi connectivity index (χ3n) is 6.97. The summed E-state index contributed by atoms with van der Waals surface area (Å²) in [7, 11) is 0. The summed E-state index contributed by atoms with van der Waals surface area (Å²) in [4.78, 5) is 27.5. The zero-order valence-corrected chi connectivity index (χ0v) is 21.4. The summed E-state index contributed by atoms with van der Waals surface area (Å²) in [6.07, 6.45) is 2.46. The Morgan fingerprint density at radius 2 is 1.56 bits per heavy atom. The Kier molecular flexibility index (Phi) is 6.46. The summed E-state index contributed by atoms with van der Waals surface area (Å²) < 4.78 is 2.21. The summed E-state index contributed by atoms with van der Waals surface area (Å²) in [6.45, 7) is 1.99. The first-order chi connectivity index (χ1) is 17.4. The summed E-state index contributed by atoms with van der Waals surface area (Å²) in [5.74, 6) is -2.21. The lowest BCUT2D eigenvalue weighted by Crippen LogP contribution is -2.48. The van der Waals surface area contributed by atoms with Gasteiger partial charge < -0.3 is 5.11 Å². The van der Waals surface area contributed by atoms with Gasteiger partial charge >= 0.3 is 5.97 Å². The number of rotatable bonds is 5. The highest BCUT2D eigenvalue weighted by molar-refractivity contribution is 9.10. The molecule has 6 heteroatoms. The number of allylic oxidation sites excluding steroid dienone is 2. The smallest absolute Gasteiger partial charge is 0.320 e. The standard InChI is InChI=1S/C30H25BrN2O3/c1-20-16-17-30(29(35)36,25(18-20)21-12-14-24(31)15-13-21)28(34)33-27(23-10-6-3-7-11-23)19-26(32-33)22-8-4-2-5-9-22/h2-16,19,25H,17-18H2,1H3,(H,35,36). The van der Waals surface area contributed by atoms with Gasteiger partial charge in [-0.2, -0.15) is 9.78 Å². The SMILES string of the molecule is CC1=CCC(C(=O)O)(C(=O)n2nc(-c3ccccc3)cc2-c2ccccc2)C(c2ccc(Br)cc2)C1. The number of aliphatic carboxylic acids is 1. The van der Waals surface area contributed by atoms with Gasteiger partial charge in [0.15, 0.2) is 5.41 Å². The van der Waals surface area contributed by atoms with Crippen molar-refractivity contribution in [2.45, 2.75) is 25.7 Å². The molecule has 4 aromatic rings. The van der Waals surface area contributed by atoms with E-state index in [0.717, 1.165) is 26.7 Å². The van der Waals surface area contributed by atoms with Crippen LogP contribution in [-0.4, -0.2) is 26.8 Å². The minimum atomic E-state index is -1.70. The summed E-state index contributed by atoms with van der Waals surface area (Å²) >= 11 is 3.46. The molecule has 36 heavy (non-hydrogen) atoms. The minimum Gasteiger partial charge on any atom is -0.480 e. The molecule has 0 amide bonds. The first-order valence-corrected chi connectivity index (χ1v) is 12.6. The van der Waals surface area contributed by atoms with Crippen molar-refractivity contribution < 1.29 is 14.7 Å². The molecule has 0 radical (unpaired) electrons. The van der Waals surface area contributed by atoms with Gasteiger partial charge in [0.1, 0.15) is 0 Å². The number of nitrogens with zero attached hydrogens (tertiary/aromatic N) is 2. The zero-order valence-electron chi connectivity index (χ0n) is 19.8. The number of aromatic nitrogens is 2. The first kappa shape index (κ1) is 23.9. The topological polar surface area (TPSA) is 72.2 Å². The van der Waals surface area contributed by atoms with Crippen LogP contribution in [0.15, 0.2) is 107 Å². The lowest BCUT2D eigenvalue weighted by molar-refractivity contribution is -0.147. The van der Waals surface area contributed by atoms with E-state index in [1.807, 2.05) is 104 Å². The number of carboxylic acids is 1. The van der Waals surface area contributed by atoms with Gasteiger partial charge in [0, 0.05) is 21.5 Å². The molecule has 2 atom stereocenters. The molecule has 3 aromatic carbocycles. The fourth-order valence-electron chi connectivity index (χ4n) is 5.01. The second kappa shape index (κ2) is 9.70. The molecule has 2 unspecified atom stereocenters. The Balaban J connectivity index is 1.71. The molecule has 0 bridgehead atoms. The number of hydrogen-bond acceptors (Lipinski definition) is 3. The maximum absolute atomic E-state index is 14.4. The van der Waals surface area contributed by atoms with Gasteiger partial charge in [-0.1, -0.05) is 100 Å². The van der Waals surface area contributed by atoms with Crippen LogP contribution in [0, 0.1) is 5.41 Å². The van der Waals surface area contributed by atoms with Crippen molar-refractivity contribution in [2.75, 3.05) is 0 Å². The molecule has 1 aliphatic carbocycles. The third kappa shape index (κ3) is 4.22. The van der Waals surface area contributed by atoms with Gasteiger partial charge in [-0.15, -0.1) is 0 Å². The largest absolute Gasteiger partial charge is 0.480 e. The Morgan fingerprint density at radius 3 is 2.17 bits per heavy atom. The van der Waals surface area contributed by atoms with Crippen molar-refractivity contribution in [1.29, 1.82) is 0 Å². The molecule has 0 saturated heterocycles. The van der Waals surface area contributed by atoms with Crippen LogP contribution < -0.4 is 0 Å². The van der Waals surface area contributed by atoms with Crippen LogP contribution in [0.5, 0.6) is 0 Å². The van der Waals surface area contributed by atoms with Crippen LogP contribution in [0.2, 0.25) is 0 Å². The van der Waals surface area contributed by atoms with E-state index >= 15 is 0 Å². The second-order valence-corrected chi connectivity index (χ2v) is 10.1. The third-order valence-corrected chi connectivity index (χ3v) is 7.50. The number of carboxylic acid groups (broad SMARTS) is 1. The molecular formula is C30H25BrN2O3. The van der Waals surface area contributed by atoms with Crippen molar-refractivity contribution in [2.24, 2.45) is 5.41 Å². The average Bonchev–Trinajstić information content (AvgIpc) is 3.35. The molecule has 0 spiro atoms. The van der Waals surface area contributed by atoms with Crippen molar-refractivity contribution in [3.05, 3.63) is 113 Å². The quantitative estimate of drug-likeness (QED) is 0.214. The highest BCUT2D eigenvalue weighted by Crippen LogP contribution is 2.49. The Labute approximate surface area is 218 Å². The normalized spacial score (nSPS) is 19.5. The van der Waals surface area contributed by atoms with Gasteiger partial charge in [-0.3, -0.25) is 9.59 Å². The van der Waals surface area contributed by atoms with E-state index in [-0.39, 0.29) is 6.42 Å². The summed E-state index contributed by atoms with van der Waals surface area (Å²) in [5, 5.41) is 15.4. The van der Waals surface area contributed by atoms with Crippen molar-refractivity contribution in [1.82, 2.24) is 9.78 Å². The Morgan fingerprint density at radius 1 is 0.944 bits per heavy atom. The van der Waals surface area contributed by atoms with Gasteiger partial charge in [0.2, 0.25) is 0 Å². The van der Waals surface area contributed by atoms with E-state index in [1.165, 1.54) is 4.68 Å². The first-order valence-electron chi connectivity index (χ1n) is 11.8. The number of carbonyl (C=O) groups is 2. The van der Waals surface area contributed by atoms with Gasteiger partial charge in [0.05, 0.1) is 11.4 Å². The van der Waals surface area contributed by atoms with Gasteiger partial charge in [0.25, 0.3) is 5.91 Å². The molecule has 1 aliphatic rings. The molecule has 1 N–H and O–H groups in total. The van der Waals surface area contributed by atoms with Crippen LogP contribution in [-0.2, 0) is 4.79 Å². The van der Waals surface area contributed by atoms with Crippen LogP contribution in [0.3, 0.4) is 0 Å². The molecule has 5 rings (SSSR count). The molecule has 0 saturated carbocycles. The van der Waals surface area contributed by atoms with Crippen LogP contribution in [0.25, 0.3) is 22.5 Å². The lowest BCUT2D eigenvalue weighted by Gasteiger charge is -2.38. The Bertz CT molecular complexity index is 1440. The predicted molar refractivity (Wildman–Crippen MR) is 144 cm³/mol. The minimum absolute atomic E-state index is 0.0997. The number of hydrogen-bond donors (Lipinski definition) is 1. The highest BCUT2D eigenvalue weighted by atomic mass is 79.9. The van der Waals surface area contributed by atoms with E-state index < -0.39 is 23.2 Å². The molecule has 0 aliphatic heterocycles. The van der Waals surface area contributed by atoms with Gasteiger partial charge in [-0.25, -0.2) is 0 Å². The van der Waals surface area contributed by atoms with Gasteiger partial charge in [-0.05, 0) is 43.5 Å². The van der Waals surface area contributed by atoms with Crippen molar-refractivity contribution >= 4 is 27.8 Å². The maximum atomic E-state index is 14.4. The van der Waals surface area contributed by atoms with E-state index in [1.54, 1.807) is 0 Å². The van der Waals surface area contributed by atoms with Crippen LogP contribution in [0.1, 0.15) is 36.0 Å². The lowest BCUT2D eigenvalue weighted by atomic mass is 9.63. The fourth-order valence-corrected chi connectivity index (χ4v) is 5.27. The van der Waals surface area contributed by atoms with E-state index in [9.17, 15) is 14.7 Å². The monoisotopic (exact) mass is 540 g/mol. The molecule has 5 nitrogen and oxygen atoms in total. The van der Waals surface area contributed by atoms with Crippen molar-refractivity contribution in [3.63, 3.8) is 0 Å². The van der Waals surface area contributed by atoms with Crippen molar-refractivity contribution in [3.8, 4) is 22.5 Å². The second-order valence-electron chi connectivity index (χ2n) is 9.20. The summed E-state index contributed by atoms with van der Waals surface area (Å²) in [6, 6.07) is 28.5. The van der Waals surface area contributed by atoms with E-state index in [0.29, 0.717) is 17.8 Å². The molecule has 1 heterocycles. The maximum Gasteiger partial charge on any atom is 0.320 e. The molecule has 1 aromatic heterocycles. The zero-order chi connectivity index (χ0) is 25.3. The number of carbonyl (C=O) groups excluding carboxylic acids is 1. The fraction of sp³-hybridized carbons (Fsp3) is 0.167. The Hall–Kier alpha value is -3.77. The average molecular weight is 541 g/mol. The van der Waals surface area contributed by atoms with Crippen LogP contribution >= 0.6 is 15.9 Å². The number of benzene rings is 3. The summed E-state index contributed by atoms with van der Waals surface area (Å²) in [5.41, 5.74) is 3.03. The predicted octanol–water partition coefficient (Wildman–Crippen LogP) is 7.21. The molecular weight excluding hydrogens is 516 g/mol. The van der Waals surface area contributed by atoms with E-state index in [2.05, 4.69) is 15.9 Å².